The minimum absolute atomic E-state index is 0.163. The molecule has 0 saturated carbocycles. The maximum Gasteiger partial charge on any atom is 0.224 e. The van der Waals surface area contributed by atoms with E-state index in [2.05, 4.69) is 17.2 Å². The molecule has 0 aliphatic carbocycles. The van der Waals surface area contributed by atoms with Crippen LogP contribution in [0.2, 0.25) is 5.02 Å². The third-order valence-electron chi connectivity index (χ3n) is 2.74. The first-order valence-corrected chi connectivity index (χ1v) is 6.14. The molecule has 0 bridgehead atoms. The Morgan fingerprint density at radius 2 is 2.00 bits per heavy atom. The molecular weight excluding hydrogens is 248 g/mol. The molecule has 18 heavy (non-hydrogen) atoms. The fraction of sp³-hybridized carbons (Fsp3) is 0.214. The lowest BCUT2D eigenvalue weighted by Gasteiger charge is -2.15. The fourth-order valence-corrected chi connectivity index (χ4v) is 1.78. The molecular formula is C14H15ClN2O. The fourth-order valence-electron chi connectivity index (χ4n) is 1.61. The normalized spacial score (nSPS) is 12.2. The topological polar surface area (TPSA) is 34.2 Å². The van der Waals surface area contributed by atoms with Crippen LogP contribution in [0.25, 0.3) is 0 Å². The van der Waals surface area contributed by atoms with Gasteiger partial charge in [-0.3, -0.25) is 0 Å². The van der Waals surface area contributed by atoms with Crippen LogP contribution < -0.4 is 10.1 Å². The summed E-state index contributed by atoms with van der Waals surface area (Å²) in [7, 11) is 1.90. The zero-order valence-electron chi connectivity index (χ0n) is 10.4. The van der Waals surface area contributed by atoms with Gasteiger partial charge in [0.25, 0.3) is 0 Å². The van der Waals surface area contributed by atoms with E-state index >= 15 is 0 Å². The van der Waals surface area contributed by atoms with E-state index in [1.807, 2.05) is 37.4 Å². The number of halogens is 1. The van der Waals surface area contributed by atoms with Gasteiger partial charge in [-0.2, -0.15) is 0 Å². The number of para-hydroxylation sites is 1. The van der Waals surface area contributed by atoms with Gasteiger partial charge in [-0.25, -0.2) is 4.98 Å². The number of nitrogens with zero attached hydrogens (tertiary/aromatic N) is 1. The summed E-state index contributed by atoms with van der Waals surface area (Å²) < 4.78 is 5.78. The Morgan fingerprint density at radius 1 is 1.22 bits per heavy atom. The van der Waals surface area contributed by atoms with Crippen LogP contribution in [0.5, 0.6) is 11.6 Å². The van der Waals surface area contributed by atoms with E-state index < -0.39 is 0 Å². The SMILES string of the molecule is CNC(C)c1cccnc1Oc1ccccc1Cl. The van der Waals surface area contributed by atoms with Gasteiger partial charge in [-0.15, -0.1) is 0 Å². The third kappa shape index (κ3) is 2.81. The van der Waals surface area contributed by atoms with Gasteiger partial charge in [0.05, 0.1) is 5.02 Å². The van der Waals surface area contributed by atoms with Crippen molar-refractivity contribution < 1.29 is 4.74 Å². The van der Waals surface area contributed by atoms with Crippen molar-refractivity contribution in [3.63, 3.8) is 0 Å². The first-order valence-electron chi connectivity index (χ1n) is 5.77. The number of aromatic nitrogens is 1. The van der Waals surface area contributed by atoms with E-state index in [-0.39, 0.29) is 6.04 Å². The molecule has 0 aliphatic rings. The van der Waals surface area contributed by atoms with Crippen molar-refractivity contribution in [2.75, 3.05) is 7.05 Å². The number of hydrogen-bond acceptors (Lipinski definition) is 3. The van der Waals surface area contributed by atoms with E-state index in [4.69, 9.17) is 16.3 Å². The van der Waals surface area contributed by atoms with Crippen molar-refractivity contribution >= 4 is 11.6 Å². The van der Waals surface area contributed by atoms with Crippen LogP contribution in [-0.2, 0) is 0 Å². The predicted molar refractivity (Wildman–Crippen MR) is 73.2 cm³/mol. The van der Waals surface area contributed by atoms with Crippen LogP contribution >= 0.6 is 11.6 Å². The first kappa shape index (κ1) is 12.9. The van der Waals surface area contributed by atoms with Crippen LogP contribution in [-0.4, -0.2) is 12.0 Å². The summed E-state index contributed by atoms with van der Waals surface area (Å²) in [6.07, 6.45) is 1.71. The maximum absolute atomic E-state index is 6.07. The molecule has 1 N–H and O–H groups in total. The number of rotatable bonds is 4. The average Bonchev–Trinajstić information content (AvgIpc) is 2.41. The van der Waals surface area contributed by atoms with Gasteiger partial charge in [0.15, 0.2) is 0 Å². The molecule has 0 saturated heterocycles. The van der Waals surface area contributed by atoms with E-state index in [0.717, 1.165) is 5.56 Å². The Morgan fingerprint density at radius 3 is 2.72 bits per heavy atom. The van der Waals surface area contributed by atoms with Crippen LogP contribution in [0.3, 0.4) is 0 Å². The lowest BCUT2D eigenvalue weighted by molar-refractivity contribution is 0.447. The monoisotopic (exact) mass is 262 g/mol. The summed E-state index contributed by atoms with van der Waals surface area (Å²) in [5.41, 5.74) is 1.000. The predicted octanol–water partition coefficient (Wildman–Crippen LogP) is 3.81. The lowest BCUT2D eigenvalue weighted by atomic mass is 10.1. The summed E-state index contributed by atoms with van der Waals surface area (Å²) in [4.78, 5) is 4.26. The van der Waals surface area contributed by atoms with E-state index in [1.165, 1.54) is 0 Å². The molecule has 1 atom stereocenters. The average molecular weight is 263 g/mol. The molecule has 0 spiro atoms. The molecule has 1 aromatic carbocycles. The molecule has 1 aromatic heterocycles. The Kier molecular flexibility index (Phi) is 4.18. The highest BCUT2D eigenvalue weighted by molar-refractivity contribution is 6.32. The Hall–Kier alpha value is -1.58. The summed E-state index contributed by atoms with van der Waals surface area (Å²) >= 11 is 6.07. The zero-order valence-corrected chi connectivity index (χ0v) is 11.1. The summed E-state index contributed by atoms with van der Waals surface area (Å²) in [6.45, 7) is 2.05. The van der Waals surface area contributed by atoms with E-state index in [0.29, 0.717) is 16.7 Å². The quantitative estimate of drug-likeness (QED) is 0.910. The Labute approximate surface area is 112 Å². The van der Waals surface area contributed by atoms with Gasteiger partial charge in [-0.05, 0) is 32.2 Å². The van der Waals surface area contributed by atoms with E-state index in [1.54, 1.807) is 12.3 Å². The lowest BCUT2D eigenvalue weighted by Crippen LogP contribution is -2.13. The third-order valence-corrected chi connectivity index (χ3v) is 3.06. The van der Waals surface area contributed by atoms with Crippen molar-refractivity contribution in [3.05, 3.63) is 53.2 Å². The largest absolute Gasteiger partial charge is 0.437 e. The molecule has 0 radical (unpaired) electrons. The van der Waals surface area contributed by atoms with Crippen LogP contribution in [0.1, 0.15) is 18.5 Å². The van der Waals surface area contributed by atoms with E-state index in [9.17, 15) is 0 Å². The van der Waals surface area contributed by atoms with Crippen LogP contribution in [0, 0.1) is 0 Å². The minimum atomic E-state index is 0.163. The molecule has 2 aromatic rings. The van der Waals surface area contributed by atoms with Crippen molar-refractivity contribution in [2.45, 2.75) is 13.0 Å². The Balaban J connectivity index is 2.32. The van der Waals surface area contributed by atoms with Gasteiger partial charge in [-0.1, -0.05) is 29.8 Å². The zero-order chi connectivity index (χ0) is 13.0. The van der Waals surface area contributed by atoms with Crippen molar-refractivity contribution in [2.24, 2.45) is 0 Å². The Bertz CT molecular complexity index is 531. The van der Waals surface area contributed by atoms with Gasteiger partial charge in [0.1, 0.15) is 5.75 Å². The molecule has 0 amide bonds. The number of pyridine rings is 1. The molecule has 3 nitrogen and oxygen atoms in total. The van der Waals surface area contributed by atoms with Crippen molar-refractivity contribution in [3.8, 4) is 11.6 Å². The molecule has 1 unspecified atom stereocenters. The number of hydrogen-bond donors (Lipinski definition) is 1. The molecule has 2 rings (SSSR count). The summed E-state index contributed by atoms with van der Waals surface area (Å²) in [5, 5.41) is 3.74. The molecule has 0 aliphatic heterocycles. The first-order chi connectivity index (χ1) is 8.72. The molecule has 0 fully saturated rings. The molecule has 94 valence electrons. The standard InChI is InChI=1S/C14H15ClN2O/c1-10(16-2)11-6-5-9-17-14(11)18-13-8-4-3-7-12(13)15/h3-10,16H,1-2H3. The maximum atomic E-state index is 6.07. The number of benzene rings is 1. The second-order valence-electron chi connectivity index (χ2n) is 3.94. The van der Waals surface area contributed by atoms with Crippen LogP contribution in [0.4, 0.5) is 0 Å². The molecule has 4 heteroatoms. The van der Waals surface area contributed by atoms with Crippen molar-refractivity contribution in [1.82, 2.24) is 10.3 Å². The van der Waals surface area contributed by atoms with Crippen molar-refractivity contribution in [1.29, 1.82) is 0 Å². The van der Waals surface area contributed by atoms with Gasteiger partial charge >= 0.3 is 0 Å². The summed E-state index contributed by atoms with van der Waals surface area (Å²) in [5.74, 6) is 1.19. The minimum Gasteiger partial charge on any atom is -0.437 e. The number of nitrogens with one attached hydrogen (secondary N) is 1. The number of ether oxygens (including phenoxy) is 1. The highest BCUT2D eigenvalue weighted by atomic mass is 35.5. The van der Waals surface area contributed by atoms with Gasteiger partial charge in [0.2, 0.25) is 5.88 Å². The van der Waals surface area contributed by atoms with Gasteiger partial charge in [0, 0.05) is 17.8 Å². The second kappa shape index (κ2) is 5.85. The van der Waals surface area contributed by atoms with Gasteiger partial charge < -0.3 is 10.1 Å². The molecule has 1 heterocycles. The second-order valence-corrected chi connectivity index (χ2v) is 4.35. The smallest absolute Gasteiger partial charge is 0.224 e. The van der Waals surface area contributed by atoms with Crippen LogP contribution in [0.15, 0.2) is 42.6 Å². The highest BCUT2D eigenvalue weighted by Crippen LogP contribution is 2.31. The highest BCUT2D eigenvalue weighted by Gasteiger charge is 2.12. The summed E-state index contributed by atoms with van der Waals surface area (Å²) in [6, 6.07) is 11.4.